The molecule has 0 bridgehead atoms. The molecule has 0 atom stereocenters. The van der Waals surface area contributed by atoms with Crippen LogP contribution >= 0.6 is 0 Å². The van der Waals surface area contributed by atoms with Gasteiger partial charge in [-0.1, -0.05) is 170 Å². The van der Waals surface area contributed by atoms with Gasteiger partial charge in [0.25, 0.3) is 0 Å². The van der Waals surface area contributed by atoms with Gasteiger partial charge >= 0.3 is 0 Å². The molecule has 0 fully saturated rings. The van der Waals surface area contributed by atoms with Crippen LogP contribution in [0.4, 0.5) is 0 Å². The number of rotatable bonds is 4. The average Bonchev–Trinajstić information content (AvgIpc) is 3.64. The van der Waals surface area contributed by atoms with Crippen LogP contribution in [0.25, 0.3) is 110 Å². The van der Waals surface area contributed by atoms with Crippen molar-refractivity contribution in [3.05, 3.63) is 194 Å². The molecule has 0 amide bonds. The minimum Gasteiger partial charge on any atom is -0.455 e. The Balaban J connectivity index is 1.20. The minimum absolute atomic E-state index is 0.937. The summed E-state index contributed by atoms with van der Waals surface area (Å²) in [6.07, 6.45) is 0. The first-order valence-electron chi connectivity index (χ1n) is 18.3. The SMILES string of the molecule is c1ccc(-c2cccc(-c3cccc(-c4c5ccccc5c(-c5cc6ccccc6c6oc7c8ccccc8ccc7c56)c5ccccc45)c3)c2)cc1. The summed E-state index contributed by atoms with van der Waals surface area (Å²) < 4.78 is 6.95. The standard InChI is InChI=1S/C52H32O/c1-2-14-33(15-3-1)35-18-12-19-36(30-35)37-20-13-21-39(31-37)48-42-24-8-10-26-44(42)49(45-27-11-9-25-43(45)48)47-32-38-17-5-7-23-41(38)52-50(47)46-29-28-34-16-4-6-22-40(34)51(46)53-52/h1-32H. The van der Waals surface area contributed by atoms with Crippen LogP contribution < -0.4 is 0 Å². The first-order chi connectivity index (χ1) is 26.3. The van der Waals surface area contributed by atoms with Gasteiger partial charge in [-0.2, -0.15) is 0 Å². The zero-order valence-corrected chi connectivity index (χ0v) is 28.9. The predicted molar refractivity (Wildman–Crippen MR) is 225 cm³/mol. The topological polar surface area (TPSA) is 13.1 Å². The van der Waals surface area contributed by atoms with E-state index in [1.165, 1.54) is 76.8 Å². The van der Waals surface area contributed by atoms with Crippen molar-refractivity contribution in [2.24, 2.45) is 0 Å². The van der Waals surface area contributed by atoms with Crippen LogP contribution in [-0.4, -0.2) is 0 Å². The van der Waals surface area contributed by atoms with Crippen LogP contribution in [0.5, 0.6) is 0 Å². The zero-order chi connectivity index (χ0) is 34.9. The molecule has 1 aromatic heterocycles. The van der Waals surface area contributed by atoms with E-state index < -0.39 is 0 Å². The van der Waals surface area contributed by atoms with Gasteiger partial charge in [-0.15, -0.1) is 0 Å². The summed E-state index contributed by atoms with van der Waals surface area (Å²) in [7, 11) is 0. The molecule has 0 aliphatic rings. The molecule has 1 heteroatoms. The Bertz CT molecular complexity index is 3160. The third-order valence-corrected chi connectivity index (χ3v) is 11.0. The smallest absolute Gasteiger partial charge is 0.143 e. The van der Waals surface area contributed by atoms with E-state index in [1.807, 2.05) is 0 Å². The van der Waals surface area contributed by atoms with Crippen LogP contribution in [0.2, 0.25) is 0 Å². The maximum atomic E-state index is 6.95. The Morgan fingerprint density at radius 1 is 0.264 bits per heavy atom. The molecule has 0 aliphatic heterocycles. The van der Waals surface area contributed by atoms with Crippen LogP contribution in [0.1, 0.15) is 0 Å². The third kappa shape index (κ3) is 4.64. The van der Waals surface area contributed by atoms with Crippen LogP contribution in [-0.2, 0) is 0 Å². The lowest BCUT2D eigenvalue weighted by atomic mass is 9.83. The molecular formula is C52H32O. The van der Waals surface area contributed by atoms with E-state index in [0.29, 0.717) is 0 Å². The summed E-state index contributed by atoms with van der Waals surface area (Å²) in [5, 5.41) is 11.8. The molecule has 0 saturated heterocycles. The first kappa shape index (κ1) is 29.7. The van der Waals surface area contributed by atoms with E-state index in [4.69, 9.17) is 4.42 Å². The van der Waals surface area contributed by atoms with E-state index in [-0.39, 0.29) is 0 Å². The third-order valence-electron chi connectivity index (χ3n) is 11.0. The largest absolute Gasteiger partial charge is 0.455 e. The Kier molecular flexibility index (Phi) is 6.62. The van der Waals surface area contributed by atoms with Gasteiger partial charge in [-0.05, 0) is 101 Å². The Labute approximate surface area is 307 Å². The summed E-state index contributed by atoms with van der Waals surface area (Å²) in [5.41, 5.74) is 11.6. The maximum absolute atomic E-state index is 6.95. The molecule has 11 rings (SSSR count). The summed E-state index contributed by atoms with van der Waals surface area (Å²) in [6, 6.07) is 70.5. The lowest BCUT2D eigenvalue weighted by molar-refractivity contribution is 0.676. The Morgan fingerprint density at radius 3 is 1.40 bits per heavy atom. The number of hydrogen-bond donors (Lipinski definition) is 0. The number of hydrogen-bond acceptors (Lipinski definition) is 1. The van der Waals surface area contributed by atoms with Gasteiger partial charge < -0.3 is 4.42 Å². The van der Waals surface area contributed by atoms with Gasteiger partial charge in [-0.3, -0.25) is 0 Å². The number of benzene rings is 10. The lowest BCUT2D eigenvalue weighted by Gasteiger charge is -2.19. The molecule has 0 saturated carbocycles. The van der Waals surface area contributed by atoms with E-state index in [1.54, 1.807) is 0 Å². The highest BCUT2D eigenvalue weighted by atomic mass is 16.3. The fourth-order valence-corrected chi connectivity index (χ4v) is 8.63. The van der Waals surface area contributed by atoms with Crippen molar-refractivity contribution in [1.82, 2.24) is 0 Å². The number of fused-ring (bicyclic) bond motifs is 9. The number of furan rings is 1. The van der Waals surface area contributed by atoms with Gasteiger partial charge in [0.1, 0.15) is 11.2 Å². The van der Waals surface area contributed by atoms with Gasteiger partial charge in [0.15, 0.2) is 0 Å². The fourth-order valence-electron chi connectivity index (χ4n) is 8.63. The minimum atomic E-state index is 0.937. The van der Waals surface area contributed by atoms with Crippen LogP contribution in [0, 0.1) is 0 Å². The van der Waals surface area contributed by atoms with Crippen molar-refractivity contribution in [3.63, 3.8) is 0 Å². The molecule has 0 N–H and O–H groups in total. The van der Waals surface area contributed by atoms with Gasteiger partial charge in [-0.25, -0.2) is 0 Å². The second-order valence-electron chi connectivity index (χ2n) is 14.0. The molecule has 246 valence electrons. The first-order valence-corrected chi connectivity index (χ1v) is 18.3. The molecule has 10 aromatic carbocycles. The lowest BCUT2D eigenvalue weighted by Crippen LogP contribution is -1.92. The van der Waals surface area contributed by atoms with Gasteiger partial charge in [0.2, 0.25) is 0 Å². The molecule has 53 heavy (non-hydrogen) atoms. The van der Waals surface area contributed by atoms with Crippen molar-refractivity contribution in [2.75, 3.05) is 0 Å². The van der Waals surface area contributed by atoms with Crippen molar-refractivity contribution in [3.8, 4) is 44.5 Å². The molecule has 0 spiro atoms. The summed E-state index contributed by atoms with van der Waals surface area (Å²) in [6.45, 7) is 0. The van der Waals surface area contributed by atoms with E-state index in [9.17, 15) is 0 Å². The quantitative estimate of drug-likeness (QED) is 0.170. The fraction of sp³-hybridized carbons (Fsp3) is 0. The van der Waals surface area contributed by atoms with Crippen molar-refractivity contribution in [2.45, 2.75) is 0 Å². The molecule has 1 nitrogen and oxygen atoms in total. The van der Waals surface area contributed by atoms with Crippen LogP contribution in [0.3, 0.4) is 0 Å². The van der Waals surface area contributed by atoms with E-state index >= 15 is 0 Å². The Hall–Kier alpha value is -6.96. The second-order valence-corrected chi connectivity index (χ2v) is 14.0. The average molecular weight is 673 g/mol. The van der Waals surface area contributed by atoms with Crippen LogP contribution in [0.15, 0.2) is 199 Å². The molecule has 1 heterocycles. The highest BCUT2D eigenvalue weighted by Crippen LogP contribution is 2.49. The molecule has 0 radical (unpaired) electrons. The molecule has 0 aliphatic carbocycles. The summed E-state index contributed by atoms with van der Waals surface area (Å²) in [4.78, 5) is 0. The Morgan fingerprint density at radius 2 is 0.736 bits per heavy atom. The van der Waals surface area contributed by atoms with E-state index in [2.05, 4.69) is 194 Å². The maximum Gasteiger partial charge on any atom is 0.143 e. The van der Waals surface area contributed by atoms with Gasteiger partial charge in [0, 0.05) is 21.5 Å². The molecule has 0 unspecified atom stereocenters. The second kappa shape index (κ2) is 11.8. The highest BCUT2D eigenvalue weighted by Gasteiger charge is 2.23. The molecular weight excluding hydrogens is 641 g/mol. The van der Waals surface area contributed by atoms with E-state index in [0.717, 1.165) is 32.7 Å². The summed E-state index contributed by atoms with van der Waals surface area (Å²) in [5.74, 6) is 0. The highest BCUT2D eigenvalue weighted by molar-refractivity contribution is 6.30. The molecule has 11 aromatic rings. The van der Waals surface area contributed by atoms with Crippen molar-refractivity contribution in [1.29, 1.82) is 0 Å². The van der Waals surface area contributed by atoms with Gasteiger partial charge in [0.05, 0.1) is 0 Å². The zero-order valence-electron chi connectivity index (χ0n) is 28.9. The van der Waals surface area contributed by atoms with Crippen molar-refractivity contribution >= 4 is 65.0 Å². The summed E-state index contributed by atoms with van der Waals surface area (Å²) >= 11 is 0. The predicted octanol–water partition coefficient (Wildman–Crippen LogP) is 14.9. The van der Waals surface area contributed by atoms with Crippen molar-refractivity contribution < 1.29 is 4.42 Å². The monoisotopic (exact) mass is 672 g/mol. The normalized spacial score (nSPS) is 11.8.